The van der Waals surface area contributed by atoms with Gasteiger partial charge in [0, 0.05) is 24.3 Å². The summed E-state index contributed by atoms with van der Waals surface area (Å²) in [5.74, 6) is 3.10. The van der Waals surface area contributed by atoms with Crippen molar-refractivity contribution in [3.8, 4) is 0 Å². The summed E-state index contributed by atoms with van der Waals surface area (Å²) in [6, 6.07) is 8.41. The fourth-order valence-corrected chi connectivity index (χ4v) is 4.58. The molecule has 2 saturated carbocycles. The average molecular weight is 279 g/mol. The summed E-state index contributed by atoms with van der Waals surface area (Å²) in [4.78, 5) is 8.62. The highest BCUT2D eigenvalue weighted by molar-refractivity contribution is 5.49. The van der Waals surface area contributed by atoms with E-state index < -0.39 is 0 Å². The maximum atomic E-state index is 6.17. The van der Waals surface area contributed by atoms with Crippen molar-refractivity contribution in [3.05, 3.63) is 54.1 Å². The van der Waals surface area contributed by atoms with Gasteiger partial charge >= 0.3 is 0 Å². The zero-order valence-electron chi connectivity index (χ0n) is 12.2. The Labute approximate surface area is 125 Å². The summed E-state index contributed by atoms with van der Waals surface area (Å²) in [6.07, 6.45) is 10.5. The zero-order valence-corrected chi connectivity index (χ0v) is 12.2. The topological polar surface area (TPSA) is 51.8 Å². The van der Waals surface area contributed by atoms with E-state index in [1.807, 2.05) is 18.3 Å². The average Bonchev–Trinajstić information content (AvgIpc) is 3.09. The van der Waals surface area contributed by atoms with E-state index in [4.69, 9.17) is 5.73 Å². The molecule has 4 rings (SSSR count). The van der Waals surface area contributed by atoms with Crippen molar-refractivity contribution in [1.82, 2.24) is 9.97 Å². The standard InChI is InChI=1S/C18H21N3/c19-18-4-2-1-3-16(18)17-10-13-8-14(17)7-12(13)9-15-11-20-5-6-21-15/h1-6,11-14,17H,7-10,19H2. The zero-order chi connectivity index (χ0) is 14.2. The number of nitrogen functional groups attached to an aromatic ring is 1. The second-order valence-corrected chi connectivity index (χ2v) is 6.62. The van der Waals surface area contributed by atoms with Crippen molar-refractivity contribution in [1.29, 1.82) is 0 Å². The van der Waals surface area contributed by atoms with E-state index in [1.165, 1.54) is 24.8 Å². The Hall–Kier alpha value is -1.90. The lowest BCUT2D eigenvalue weighted by atomic mass is 9.77. The van der Waals surface area contributed by atoms with Gasteiger partial charge in [-0.05, 0) is 61.0 Å². The summed E-state index contributed by atoms with van der Waals surface area (Å²) in [7, 11) is 0. The highest BCUT2D eigenvalue weighted by Gasteiger charge is 2.46. The number of aromatic nitrogens is 2. The Morgan fingerprint density at radius 3 is 2.67 bits per heavy atom. The van der Waals surface area contributed by atoms with Crippen LogP contribution < -0.4 is 5.73 Å². The Kier molecular flexibility index (Phi) is 3.13. The van der Waals surface area contributed by atoms with Crippen molar-refractivity contribution in [3.63, 3.8) is 0 Å². The second kappa shape index (κ2) is 5.14. The molecule has 1 heterocycles. The molecule has 2 aliphatic carbocycles. The predicted molar refractivity (Wildman–Crippen MR) is 83.7 cm³/mol. The van der Waals surface area contributed by atoms with Gasteiger partial charge in [-0.1, -0.05) is 18.2 Å². The molecular weight excluding hydrogens is 258 g/mol. The van der Waals surface area contributed by atoms with E-state index in [2.05, 4.69) is 22.1 Å². The molecule has 0 amide bonds. The van der Waals surface area contributed by atoms with Gasteiger partial charge in [-0.3, -0.25) is 9.97 Å². The van der Waals surface area contributed by atoms with Crippen molar-refractivity contribution in [2.24, 2.45) is 17.8 Å². The summed E-state index contributed by atoms with van der Waals surface area (Å²) in [6.45, 7) is 0. The maximum Gasteiger partial charge on any atom is 0.0589 e. The third-order valence-corrected chi connectivity index (χ3v) is 5.49. The van der Waals surface area contributed by atoms with Crippen LogP contribution in [0.4, 0.5) is 5.69 Å². The Bertz CT molecular complexity index is 625. The lowest BCUT2D eigenvalue weighted by Gasteiger charge is -2.28. The highest BCUT2D eigenvalue weighted by Crippen LogP contribution is 2.57. The fourth-order valence-electron chi connectivity index (χ4n) is 4.58. The molecule has 3 nitrogen and oxygen atoms in total. The van der Waals surface area contributed by atoms with Gasteiger partial charge in [0.25, 0.3) is 0 Å². The van der Waals surface area contributed by atoms with Crippen LogP contribution in [-0.2, 0) is 6.42 Å². The molecule has 2 fully saturated rings. The maximum absolute atomic E-state index is 6.17. The van der Waals surface area contributed by atoms with Crippen LogP contribution in [0.3, 0.4) is 0 Å². The second-order valence-electron chi connectivity index (χ2n) is 6.62. The number of para-hydroxylation sites is 1. The van der Waals surface area contributed by atoms with Crippen molar-refractivity contribution >= 4 is 5.69 Å². The molecule has 0 aliphatic heterocycles. The molecule has 0 radical (unpaired) electrons. The van der Waals surface area contributed by atoms with Crippen LogP contribution in [0.5, 0.6) is 0 Å². The van der Waals surface area contributed by atoms with E-state index in [1.54, 1.807) is 12.4 Å². The molecule has 2 N–H and O–H groups in total. The van der Waals surface area contributed by atoms with Gasteiger partial charge in [0.1, 0.15) is 0 Å². The first-order valence-electron chi connectivity index (χ1n) is 7.90. The highest BCUT2D eigenvalue weighted by atomic mass is 14.8. The monoisotopic (exact) mass is 279 g/mol. The first-order valence-corrected chi connectivity index (χ1v) is 7.90. The van der Waals surface area contributed by atoms with Crippen LogP contribution in [0.25, 0.3) is 0 Å². The van der Waals surface area contributed by atoms with E-state index >= 15 is 0 Å². The molecular formula is C18H21N3. The van der Waals surface area contributed by atoms with Crippen LogP contribution in [0.2, 0.25) is 0 Å². The third-order valence-electron chi connectivity index (χ3n) is 5.49. The quantitative estimate of drug-likeness (QED) is 0.876. The normalized spacial score (nSPS) is 30.7. The van der Waals surface area contributed by atoms with Crippen molar-refractivity contribution in [2.45, 2.75) is 31.6 Å². The lowest BCUT2D eigenvalue weighted by Crippen LogP contribution is -2.19. The molecule has 0 spiro atoms. The first-order chi connectivity index (χ1) is 10.3. The molecule has 2 aliphatic rings. The minimum atomic E-state index is 0.675. The van der Waals surface area contributed by atoms with E-state index in [0.717, 1.165) is 35.6 Å². The molecule has 21 heavy (non-hydrogen) atoms. The van der Waals surface area contributed by atoms with E-state index in [0.29, 0.717) is 5.92 Å². The van der Waals surface area contributed by atoms with E-state index in [-0.39, 0.29) is 0 Å². The molecule has 4 unspecified atom stereocenters. The largest absolute Gasteiger partial charge is 0.398 e. The van der Waals surface area contributed by atoms with Gasteiger partial charge in [-0.25, -0.2) is 0 Å². The summed E-state index contributed by atoms with van der Waals surface area (Å²) < 4.78 is 0. The summed E-state index contributed by atoms with van der Waals surface area (Å²) in [5, 5.41) is 0. The number of fused-ring (bicyclic) bond motifs is 2. The predicted octanol–water partition coefficient (Wildman–Crippen LogP) is 3.43. The number of benzene rings is 1. The molecule has 2 bridgehead atoms. The molecule has 0 saturated heterocycles. The fraction of sp³-hybridized carbons (Fsp3) is 0.444. The van der Waals surface area contributed by atoms with Gasteiger partial charge in [0.05, 0.1) is 5.69 Å². The van der Waals surface area contributed by atoms with Gasteiger partial charge in [-0.2, -0.15) is 0 Å². The molecule has 4 atom stereocenters. The number of nitrogens with zero attached hydrogens (tertiary/aromatic N) is 2. The molecule has 3 heteroatoms. The van der Waals surface area contributed by atoms with Gasteiger partial charge in [-0.15, -0.1) is 0 Å². The summed E-state index contributed by atoms with van der Waals surface area (Å²) >= 11 is 0. The van der Waals surface area contributed by atoms with Crippen LogP contribution in [0.1, 0.15) is 36.4 Å². The summed E-state index contributed by atoms with van der Waals surface area (Å²) in [5.41, 5.74) is 9.67. The minimum absolute atomic E-state index is 0.675. The van der Waals surface area contributed by atoms with Gasteiger partial charge in [0.2, 0.25) is 0 Å². The number of hydrogen-bond acceptors (Lipinski definition) is 3. The SMILES string of the molecule is Nc1ccccc1C1CC2CC1CC2Cc1cnccn1. The van der Waals surface area contributed by atoms with Crippen molar-refractivity contribution in [2.75, 3.05) is 5.73 Å². The Morgan fingerprint density at radius 1 is 1.05 bits per heavy atom. The molecule has 108 valence electrons. The third kappa shape index (κ3) is 2.31. The molecule has 1 aromatic heterocycles. The lowest BCUT2D eigenvalue weighted by molar-refractivity contribution is 0.302. The minimum Gasteiger partial charge on any atom is -0.398 e. The number of hydrogen-bond donors (Lipinski definition) is 1. The van der Waals surface area contributed by atoms with Gasteiger partial charge in [0.15, 0.2) is 0 Å². The van der Waals surface area contributed by atoms with E-state index in [9.17, 15) is 0 Å². The number of rotatable bonds is 3. The van der Waals surface area contributed by atoms with Gasteiger partial charge < -0.3 is 5.73 Å². The number of anilines is 1. The molecule has 2 aromatic rings. The van der Waals surface area contributed by atoms with Crippen LogP contribution in [-0.4, -0.2) is 9.97 Å². The van der Waals surface area contributed by atoms with Crippen molar-refractivity contribution < 1.29 is 0 Å². The Balaban J connectivity index is 1.47. The molecule has 1 aromatic carbocycles. The van der Waals surface area contributed by atoms with Crippen LogP contribution in [0.15, 0.2) is 42.9 Å². The smallest absolute Gasteiger partial charge is 0.0589 e. The van der Waals surface area contributed by atoms with Crippen LogP contribution >= 0.6 is 0 Å². The van der Waals surface area contributed by atoms with Crippen LogP contribution in [0, 0.1) is 17.8 Å². The Morgan fingerprint density at radius 2 is 1.95 bits per heavy atom. The first kappa shape index (κ1) is 12.8. The number of nitrogens with two attached hydrogens (primary N) is 1.